The lowest BCUT2D eigenvalue weighted by atomic mass is 9.92. The fraction of sp³-hybridized carbons (Fsp3) is 0.625. The first kappa shape index (κ1) is 15.3. The van der Waals surface area contributed by atoms with Gasteiger partial charge in [0.1, 0.15) is 24.3 Å². The van der Waals surface area contributed by atoms with E-state index in [4.69, 9.17) is 4.74 Å². The van der Waals surface area contributed by atoms with Crippen molar-refractivity contribution in [3.63, 3.8) is 0 Å². The van der Waals surface area contributed by atoms with Crippen molar-refractivity contribution in [2.45, 2.75) is 45.3 Å². The number of hydrogen-bond acceptors (Lipinski definition) is 3. The highest BCUT2D eigenvalue weighted by Gasteiger charge is 2.30. The number of aliphatic hydroxyl groups excluding tert-OH is 1. The molecule has 1 aliphatic rings. The van der Waals surface area contributed by atoms with Gasteiger partial charge < -0.3 is 15.2 Å². The van der Waals surface area contributed by atoms with Crippen LogP contribution in [0.2, 0.25) is 0 Å². The summed E-state index contributed by atoms with van der Waals surface area (Å²) < 4.78 is 18.1. The molecule has 112 valence electrons. The van der Waals surface area contributed by atoms with Crippen LogP contribution in [-0.4, -0.2) is 30.4 Å². The largest absolute Gasteiger partial charge is 0.491 e. The van der Waals surface area contributed by atoms with Gasteiger partial charge >= 0.3 is 0 Å². The molecule has 0 bridgehead atoms. The minimum Gasteiger partial charge on any atom is -0.491 e. The van der Waals surface area contributed by atoms with Gasteiger partial charge in [-0.3, -0.25) is 0 Å². The highest BCUT2D eigenvalue weighted by molar-refractivity contribution is 5.22. The maximum absolute atomic E-state index is 12.7. The van der Waals surface area contributed by atoms with Crippen LogP contribution in [-0.2, 0) is 0 Å². The van der Waals surface area contributed by atoms with Crippen molar-refractivity contribution in [1.82, 2.24) is 5.32 Å². The maximum Gasteiger partial charge on any atom is 0.123 e. The Morgan fingerprint density at radius 3 is 2.70 bits per heavy atom. The Morgan fingerprint density at radius 2 is 2.10 bits per heavy atom. The van der Waals surface area contributed by atoms with Gasteiger partial charge in [-0.2, -0.15) is 0 Å². The quantitative estimate of drug-likeness (QED) is 0.842. The van der Waals surface area contributed by atoms with Crippen molar-refractivity contribution in [1.29, 1.82) is 0 Å². The molecule has 0 spiro atoms. The Morgan fingerprint density at radius 1 is 1.40 bits per heavy atom. The van der Waals surface area contributed by atoms with E-state index in [0.29, 0.717) is 23.8 Å². The Kier molecular flexibility index (Phi) is 5.00. The van der Waals surface area contributed by atoms with Crippen molar-refractivity contribution < 1.29 is 14.2 Å². The third kappa shape index (κ3) is 4.76. The lowest BCUT2D eigenvalue weighted by molar-refractivity contribution is 0.103. The Hall–Kier alpha value is -1.13. The van der Waals surface area contributed by atoms with Crippen LogP contribution in [0.1, 0.15) is 33.1 Å². The number of ether oxygens (including phenoxy) is 1. The maximum atomic E-state index is 12.7. The summed E-state index contributed by atoms with van der Waals surface area (Å²) in [7, 11) is 0. The molecule has 1 saturated carbocycles. The van der Waals surface area contributed by atoms with Crippen LogP contribution in [0, 0.1) is 11.2 Å². The summed E-state index contributed by atoms with van der Waals surface area (Å²) in [5, 5.41) is 13.3. The molecule has 0 saturated heterocycles. The lowest BCUT2D eigenvalue weighted by Gasteiger charge is -2.19. The molecule has 0 aliphatic heterocycles. The molecule has 1 aromatic rings. The van der Waals surface area contributed by atoms with Crippen LogP contribution in [0.5, 0.6) is 5.75 Å². The predicted octanol–water partition coefficient (Wildman–Crippen LogP) is 2.73. The van der Waals surface area contributed by atoms with Crippen LogP contribution in [0.15, 0.2) is 24.3 Å². The van der Waals surface area contributed by atoms with Gasteiger partial charge in [-0.05, 0) is 48.9 Å². The summed E-state index contributed by atoms with van der Waals surface area (Å²) in [5.41, 5.74) is 0.410. The van der Waals surface area contributed by atoms with E-state index in [1.54, 1.807) is 12.1 Å². The second-order valence-corrected chi connectivity index (χ2v) is 6.43. The highest BCUT2D eigenvalue weighted by Crippen LogP contribution is 2.36. The zero-order valence-electron chi connectivity index (χ0n) is 12.2. The molecule has 0 heterocycles. The summed E-state index contributed by atoms with van der Waals surface area (Å²) >= 11 is 0. The first-order valence-electron chi connectivity index (χ1n) is 7.24. The van der Waals surface area contributed by atoms with Crippen molar-refractivity contribution >= 4 is 0 Å². The molecule has 0 aromatic heterocycles. The van der Waals surface area contributed by atoms with E-state index in [9.17, 15) is 9.50 Å². The van der Waals surface area contributed by atoms with Gasteiger partial charge in [0, 0.05) is 12.6 Å². The Balaban J connectivity index is 1.65. The van der Waals surface area contributed by atoms with Gasteiger partial charge in [0.2, 0.25) is 0 Å². The van der Waals surface area contributed by atoms with Gasteiger partial charge in [-0.1, -0.05) is 13.8 Å². The Bertz CT molecular complexity index is 419. The summed E-state index contributed by atoms with van der Waals surface area (Å²) in [6.45, 7) is 5.31. The molecule has 3 nitrogen and oxygen atoms in total. The molecule has 1 aromatic carbocycles. The van der Waals surface area contributed by atoms with Crippen LogP contribution < -0.4 is 10.1 Å². The molecule has 2 rings (SSSR count). The van der Waals surface area contributed by atoms with E-state index in [1.165, 1.54) is 25.0 Å². The number of hydrogen-bond donors (Lipinski definition) is 2. The van der Waals surface area contributed by atoms with Crippen LogP contribution in [0.3, 0.4) is 0 Å². The van der Waals surface area contributed by atoms with Gasteiger partial charge in [0.15, 0.2) is 0 Å². The Labute approximate surface area is 120 Å². The van der Waals surface area contributed by atoms with E-state index < -0.39 is 6.10 Å². The minimum atomic E-state index is -0.552. The first-order valence-corrected chi connectivity index (χ1v) is 7.24. The van der Waals surface area contributed by atoms with Gasteiger partial charge in [0.05, 0.1) is 0 Å². The molecule has 0 radical (unpaired) electrons. The highest BCUT2D eigenvalue weighted by atomic mass is 19.1. The molecule has 1 fully saturated rings. The molecular weight excluding hydrogens is 257 g/mol. The summed E-state index contributed by atoms with van der Waals surface area (Å²) in [4.78, 5) is 0. The van der Waals surface area contributed by atoms with E-state index in [1.807, 2.05) is 0 Å². The number of benzene rings is 1. The fourth-order valence-corrected chi connectivity index (χ4v) is 2.70. The number of nitrogens with one attached hydrogen (secondary N) is 1. The third-order valence-corrected chi connectivity index (χ3v) is 3.87. The fourth-order valence-electron chi connectivity index (χ4n) is 2.70. The topological polar surface area (TPSA) is 41.5 Å². The van der Waals surface area contributed by atoms with Gasteiger partial charge in [-0.25, -0.2) is 4.39 Å². The zero-order valence-corrected chi connectivity index (χ0v) is 12.2. The molecule has 20 heavy (non-hydrogen) atoms. The second kappa shape index (κ2) is 6.55. The van der Waals surface area contributed by atoms with E-state index in [-0.39, 0.29) is 12.4 Å². The average Bonchev–Trinajstić information content (AvgIpc) is 2.75. The predicted molar refractivity (Wildman–Crippen MR) is 77.3 cm³/mol. The zero-order chi connectivity index (χ0) is 14.6. The number of aliphatic hydroxyl groups is 1. The molecule has 2 unspecified atom stereocenters. The second-order valence-electron chi connectivity index (χ2n) is 6.43. The average molecular weight is 281 g/mol. The molecular formula is C16H24FNO2. The standard InChI is InChI=1S/C16H24FNO2/c1-16(2)8-7-13(9-16)18-10-14(19)11-20-15-5-3-12(17)4-6-15/h3-6,13-14,18-19H,7-11H2,1-2H3. The smallest absolute Gasteiger partial charge is 0.123 e. The summed E-state index contributed by atoms with van der Waals surface area (Å²) in [6.07, 6.45) is 2.99. The minimum absolute atomic E-state index is 0.217. The molecule has 0 amide bonds. The molecule has 2 atom stereocenters. The van der Waals surface area contributed by atoms with Crippen molar-refractivity contribution in [2.24, 2.45) is 5.41 Å². The van der Waals surface area contributed by atoms with Crippen molar-refractivity contribution in [2.75, 3.05) is 13.2 Å². The van der Waals surface area contributed by atoms with E-state index in [2.05, 4.69) is 19.2 Å². The van der Waals surface area contributed by atoms with Gasteiger partial charge in [0.25, 0.3) is 0 Å². The number of rotatable bonds is 6. The van der Waals surface area contributed by atoms with Crippen molar-refractivity contribution in [3.8, 4) is 5.75 Å². The van der Waals surface area contributed by atoms with E-state index in [0.717, 1.165) is 6.42 Å². The molecule has 4 heteroatoms. The van der Waals surface area contributed by atoms with Crippen LogP contribution >= 0.6 is 0 Å². The summed E-state index contributed by atoms with van der Waals surface area (Å²) in [5.74, 6) is 0.288. The summed E-state index contributed by atoms with van der Waals surface area (Å²) in [6, 6.07) is 6.32. The SMILES string of the molecule is CC1(C)CCC(NCC(O)COc2ccc(F)cc2)C1. The van der Waals surface area contributed by atoms with Crippen LogP contribution in [0.25, 0.3) is 0 Å². The third-order valence-electron chi connectivity index (χ3n) is 3.87. The monoisotopic (exact) mass is 281 g/mol. The first-order chi connectivity index (χ1) is 9.44. The van der Waals surface area contributed by atoms with Crippen LogP contribution in [0.4, 0.5) is 4.39 Å². The molecule has 1 aliphatic carbocycles. The normalized spacial score (nSPS) is 22.7. The van der Waals surface area contributed by atoms with Crippen molar-refractivity contribution in [3.05, 3.63) is 30.1 Å². The number of halogens is 1. The van der Waals surface area contributed by atoms with Gasteiger partial charge in [-0.15, -0.1) is 0 Å². The lowest BCUT2D eigenvalue weighted by Crippen LogP contribution is -2.37. The molecule has 2 N–H and O–H groups in total. The van der Waals surface area contributed by atoms with E-state index >= 15 is 0 Å².